The van der Waals surface area contributed by atoms with Gasteiger partial charge in [0, 0.05) is 13.1 Å². The number of rotatable bonds is 3. The van der Waals surface area contributed by atoms with E-state index in [0.29, 0.717) is 19.2 Å². The third-order valence-corrected chi connectivity index (χ3v) is 3.98. The first-order valence-electron chi connectivity index (χ1n) is 7.94. The minimum absolute atomic E-state index is 0.0654. The van der Waals surface area contributed by atoms with Gasteiger partial charge >= 0.3 is 0 Å². The Morgan fingerprint density at radius 1 is 1.23 bits per heavy atom. The van der Waals surface area contributed by atoms with E-state index in [9.17, 15) is 18.0 Å². The van der Waals surface area contributed by atoms with E-state index in [1.807, 2.05) is 13.8 Å². The van der Waals surface area contributed by atoms with Gasteiger partial charge in [-0.2, -0.15) is 4.39 Å². The summed E-state index contributed by atoms with van der Waals surface area (Å²) in [5.74, 6) is -5.59. The van der Waals surface area contributed by atoms with E-state index in [2.05, 4.69) is 9.72 Å². The van der Waals surface area contributed by atoms with Crippen LogP contribution in [-0.4, -0.2) is 48.2 Å². The molecule has 1 fully saturated rings. The summed E-state index contributed by atoms with van der Waals surface area (Å²) in [4.78, 5) is 18.0. The molecule has 140 valence electrons. The van der Waals surface area contributed by atoms with Crippen LogP contribution in [-0.2, 0) is 4.74 Å². The molecule has 0 bridgehead atoms. The van der Waals surface area contributed by atoms with Crippen molar-refractivity contribution in [2.75, 3.05) is 20.2 Å². The maximum Gasteiger partial charge on any atom is 0.276 e. The Morgan fingerprint density at radius 2 is 1.88 bits per heavy atom. The molecule has 1 aliphatic rings. The van der Waals surface area contributed by atoms with Crippen LogP contribution in [0.1, 0.15) is 24.3 Å². The number of morpholine rings is 1. The van der Waals surface area contributed by atoms with Crippen molar-refractivity contribution in [2.45, 2.75) is 26.1 Å². The molecule has 1 aromatic heterocycles. The van der Waals surface area contributed by atoms with E-state index in [-0.39, 0.29) is 23.8 Å². The van der Waals surface area contributed by atoms with E-state index >= 15 is 0 Å². The van der Waals surface area contributed by atoms with Crippen molar-refractivity contribution in [1.82, 2.24) is 9.88 Å². The zero-order valence-electron chi connectivity index (χ0n) is 14.4. The fourth-order valence-corrected chi connectivity index (χ4v) is 2.92. The Balaban J connectivity index is 1.91. The molecule has 0 saturated carbocycles. The van der Waals surface area contributed by atoms with Gasteiger partial charge in [-0.15, -0.1) is 0 Å². The number of nitrogens with zero attached hydrogens (tertiary/aromatic N) is 2. The van der Waals surface area contributed by atoms with Crippen LogP contribution in [0.3, 0.4) is 0 Å². The number of halogens is 3. The highest BCUT2D eigenvalue weighted by Gasteiger charge is 2.29. The largest absolute Gasteiger partial charge is 0.491 e. The molecule has 0 radical (unpaired) electrons. The van der Waals surface area contributed by atoms with E-state index in [1.165, 1.54) is 0 Å². The summed E-state index contributed by atoms with van der Waals surface area (Å²) in [5, 5.41) is 0. The Morgan fingerprint density at radius 3 is 2.50 bits per heavy atom. The van der Waals surface area contributed by atoms with Crippen LogP contribution in [0, 0.1) is 17.5 Å². The Labute approximate surface area is 147 Å². The SMILES string of the molecule is COc1c(F)c(F)cc(-c2nc(C(=O)N3C[C@@H](C)O[C@@H](C)C3)co2)c1F. The maximum absolute atomic E-state index is 14.3. The predicted octanol–water partition coefficient (Wildman–Crippen LogP) is 3.02. The zero-order valence-corrected chi connectivity index (χ0v) is 14.4. The number of amides is 1. The van der Waals surface area contributed by atoms with Crippen molar-refractivity contribution in [1.29, 1.82) is 0 Å². The van der Waals surface area contributed by atoms with Gasteiger partial charge in [0.15, 0.2) is 23.1 Å². The molecule has 2 aromatic rings. The molecule has 0 spiro atoms. The first kappa shape index (κ1) is 18.2. The number of ether oxygens (including phenoxy) is 2. The molecular formula is C17H17F3N2O4. The summed E-state index contributed by atoms with van der Waals surface area (Å²) in [7, 11) is 1.01. The van der Waals surface area contributed by atoms with Gasteiger partial charge in [0.2, 0.25) is 11.7 Å². The van der Waals surface area contributed by atoms with Crippen LogP contribution in [0.25, 0.3) is 11.5 Å². The highest BCUT2D eigenvalue weighted by molar-refractivity contribution is 5.92. The summed E-state index contributed by atoms with van der Waals surface area (Å²) >= 11 is 0. The van der Waals surface area contributed by atoms with E-state index in [0.717, 1.165) is 13.4 Å². The summed E-state index contributed by atoms with van der Waals surface area (Å²) in [6.07, 6.45) is 0.777. The Kier molecular flexibility index (Phi) is 4.90. The van der Waals surface area contributed by atoms with Crippen LogP contribution < -0.4 is 4.74 Å². The van der Waals surface area contributed by atoms with Crippen LogP contribution in [0.2, 0.25) is 0 Å². The zero-order chi connectivity index (χ0) is 19.0. The lowest BCUT2D eigenvalue weighted by molar-refractivity contribution is -0.0587. The van der Waals surface area contributed by atoms with Crippen LogP contribution >= 0.6 is 0 Å². The van der Waals surface area contributed by atoms with Crippen molar-refractivity contribution in [2.24, 2.45) is 0 Å². The molecule has 1 amide bonds. The smallest absolute Gasteiger partial charge is 0.276 e. The molecule has 3 rings (SSSR count). The molecule has 6 nitrogen and oxygen atoms in total. The lowest BCUT2D eigenvalue weighted by atomic mass is 10.1. The third kappa shape index (κ3) is 3.26. The van der Waals surface area contributed by atoms with Crippen molar-refractivity contribution in [3.05, 3.63) is 35.5 Å². The van der Waals surface area contributed by atoms with E-state index in [4.69, 9.17) is 9.15 Å². The molecule has 2 atom stereocenters. The monoisotopic (exact) mass is 370 g/mol. The summed E-state index contributed by atoms with van der Waals surface area (Å²) < 4.78 is 56.7. The van der Waals surface area contributed by atoms with Gasteiger partial charge in [-0.25, -0.2) is 13.8 Å². The first-order valence-corrected chi connectivity index (χ1v) is 7.94. The van der Waals surface area contributed by atoms with Gasteiger partial charge in [-0.05, 0) is 19.9 Å². The third-order valence-electron chi connectivity index (χ3n) is 3.98. The van der Waals surface area contributed by atoms with Gasteiger partial charge in [-0.3, -0.25) is 4.79 Å². The van der Waals surface area contributed by atoms with E-state index < -0.39 is 34.7 Å². The number of hydrogen-bond donors (Lipinski definition) is 0. The van der Waals surface area contributed by atoms with Crippen LogP contribution in [0.5, 0.6) is 5.75 Å². The summed E-state index contributed by atoms with van der Waals surface area (Å²) in [6.45, 7) is 4.43. The molecule has 0 unspecified atom stereocenters. The normalized spacial score (nSPS) is 20.3. The standard InChI is InChI=1S/C17H17F3N2O4/c1-8-5-22(6-9(2)26-8)17(23)12-7-25-16(21-12)10-4-11(18)14(20)15(24-3)13(10)19/h4,7-9H,5-6H2,1-3H3/t8-,9+. The summed E-state index contributed by atoms with van der Waals surface area (Å²) in [5.41, 5.74) is -0.507. The topological polar surface area (TPSA) is 64.8 Å². The number of benzene rings is 1. The van der Waals surface area contributed by atoms with Crippen molar-refractivity contribution >= 4 is 5.91 Å². The van der Waals surface area contributed by atoms with E-state index in [1.54, 1.807) is 4.90 Å². The Hall–Kier alpha value is -2.55. The minimum atomic E-state index is -1.45. The minimum Gasteiger partial charge on any atom is -0.491 e. The number of oxazole rings is 1. The van der Waals surface area contributed by atoms with Gasteiger partial charge in [0.25, 0.3) is 5.91 Å². The molecule has 1 saturated heterocycles. The molecule has 9 heteroatoms. The molecular weight excluding hydrogens is 353 g/mol. The fraction of sp³-hybridized carbons (Fsp3) is 0.412. The first-order chi connectivity index (χ1) is 12.3. The molecule has 0 aliphatic carbocycles. The lowest BCUT2D eigenvalue weighted by Crippen LogP contribution is -2.48. The van der Waals surface area contributed by atoms with Crippen molar-refractivity contribution in [3.63, 3.8) is 0 Å². The van der Waals surface area contributed by atoms with Gasteiger partial charge in [0.05, 0.1) is 24.9 Å². The lowest BCUT2D eigenvalue weighted by Gasteiger charge is -2.34. The number of aromatic nitrogens is 1. The average Bonchev–Trinajstić information content (AvgIpc) is 3.07. The van der Waals surface area contributed by atoms with Crippen LogP contribution in [0.4, 0.5) is 13.2 Å². The second-order valence-corrected chi connectivity index (χ2v) is 6.07. The number of hydrogen-bond acceptors (Lipinski definition) is 5. The highest BCUT2D eigenvalue weighted by atomic mass is 19.2. The summed E-state index contributed by atoms with van der Waals surface area (Å²) in [6, 6.07) is 0.603. The molecule has 1 aliphatic heterocycles. The second kappa shape index (κ2) is 6.99. The predicted molar refractivity (Wildman–Crippen MR) is 84.3 cm³/mol. The molecule has 0 N–H and O–H groups in total. The van der Waals surface area contributed by atoms with Gasteiger partial charge in [0.1, 0.15) is 6.26 Å². The quantitative estimate of drug-likeness (QED) is 0.777. The molecule has 1 aromatic carbocycles. The maximum atomic E-state index is 14.3. The molecule has 2 heterocycles. The van der Waals surface area contributed by atoms with Crippen molar-refractivity contribution in [3.8, 4) is 17.2 Å². The fourth-order valence-electron chi connectivity index (χ4n) is 2.92. The number of methoxy groups -OCH3 is 1. The molecule has 26 heavy (non-hydrogen) atoms. The second-order valence-electron chi connectivity index (χ2n) is 6.07. The Bertz CT molecular complexity index is 830. The number of carbonyl (C=O) groups excluding carboxylic acids is 1. The highest BCUT2D eigenvalue weighted by Crippen LogP contribution is 2.33. The average molecular weight is 370 g/mol. The van der Waals surface area contributed by atoms with Gasteiger partial charge in [-0.1, -0.05) is 0 Å². The van der Waals surface area contributed by atoms with Crippen LogP contribution in [0.15, 0.2) is 16.7 Å². The van der Waals surface area contributed by atoms with Crippen molar-refractivity contribution < 1.29 is 31.9 Å². The number of carbonyl (C=O) groups is 1. The van der Waals surface area contributed by atoms with Gasteiger partial charge < -0.3 is 18.8 Å².